The number of hydrogen-bond acceptors (Lipinski definition) is 1. The van der Waals surface area contributed by atoms with E-state index in [1.807, 2.05) is 12.1 Å². The van der Waals surface area contributed by atoms with Crippen LogP contribution < -0.4 is 5.73 Å². The van der Waals surface area contributed by atoms with Gasteiger partial charge in [-0.2, -0.15) is 0 Å². The van der Waals surface area contributed by atoms with Gasteiger partial charge in [0.05, 0.1) is 0 Å². The zero-order valence-corrected chi connectivity index (χ0v) is 13.8. The van der Waals surface area contributed by atoms with Crippen molar-refractivity contribution in [2.75, 3.05) is 6.54 Å². The van der Waals surface area contributed by atoms with E-state index in [9.17, 15) is 0 Å². The van der Waals surface area contributed by atoms with Gasteiger partial charge >= 0.3 is 0 Å². The highest BCUT2D eigenvalue weighted by atomic mass is 35.5. The number of benzene rings is 1. The van der Waals surface area contributed by atoms with Crippen LogP contribution in [-0.4, -0.2) is 6.54 Å². The summed E-state index contributed by atoms with van der Waals surface area (Å²) in [4.78, 5) is 0. The zero-order valence-electron chi connectivity index (χ0n) is 13.0. The molecule has 0 bridgehead atoms. The molecule has 20 heavy (non-hydrogen) atoms. The van der Waals surface area contributed by atoms with Gasteiger partial charge in [-0.25, -0.2) is 0 Å². The number of halogens is 1. The van der Waals surface area contributed by atoms with Crippen LogP contribution in [0.4, 0.5) is 0 Å². The fraction of sp³-hybridized carbons (Fsp3) is 0.667. The van der Waals surface area contributed by atoms with Gasteiger partial charge in [0.2, 0.25) is 0 Å². The fourth-order valence-electron chi connectivity index (χ4n) is 3.60. The van der Waals surface area contributed by atoms with E-state index in [2.05, 4.69) is 32.9 Å². The van der Waals surface area contributed by atoms with Crippen molar-refractivity contribution in [3.8, 4) is 0 Å². The molecule has 3 atom stereocenters. The van der Waals surface area contributed by atoms with Crippen LogP contribution >= 0.6 is 11.6 Å². The van der Waals surface area contributed by atoms with E-state index >= 15 is 0 Å². The molecule has 0 aliphatic heterocycles. The molecule has 1 nitrogen and oxygen atoms in total. The second-order valence-corrected chi connectivity index (χ2v) is 7.90. The molecule has 3 unspecified atom stereocenters. The first-order chi connectivity index (χ1) is 9.40. The van der Waals surface area contributed by atoms with E-state index in [4.69, 9.17) is 17.3 Å². The Morgan fingerprint density at radius 2 is 1.75 bits per heavy atom. The Kier molecular flexibility index (Phi) is 5.14. The molecule has 2 heteroatoms. The molecule has 1 aromatic rings. The largest absolute Gasteiger partial charge is 0.330 e. The maximum Gasteiger partial charge on any atom is 0.0406 e. The maximum atomic E-state index is 6.00. The van der Waals surface area contributed by atoms with E-state index in [1.165, 1.54) is 24.8 Å². The van der Waals surface area contributed by atoms with Crippen LogP contribution in [0.2, 0.25) is 5.02 Å². The van der Waals surface area contributed by atoms with Gasteiger partial charge in [0.15, 0.2) is 0 Å². The van der Waals surface area contributed by atoms with Gasteiger partial charge in [0.1, 0.15) is 0 Å². The molecule has 1 aliphatic rings. The van der Waals surface area contributed by atoms with E-state index < -0.39 is 0 Å². The molecule has 0 spiro atoms. The number of hydrogen-bond donors (Lipinski definition) is 1. The minimum atomic E-state index is 0.414. The third-order valence-electron chi connectivity index (χ3n) is 5.08. The van der Waals surface area contributed by atoms with Crippen molar-refractivity contribution in [3.63, 3.8) is 0 Å². The molecule has 0 heterocycles. The van der Waals surface area contributed by atoms with Crippen molar-refractivity contribution in [1.29, 1.82) is 0 Å². The van der Waals surface area contributed by atoms with Gasteiger partial charge in [-0.05, 0) is 73.1 Å². The van der Waals surface area contributed by atoms with Gasteiger partial charge < -0.3 is 5.73 Å². The van der Waals surface area contributed by atoms with Crippen molar-refractivity contribution in [2.45, 2.75) is 46.5 Å². The molecule has 0 saturated heterocycles. The highest BCUT2D eigenvalue weighted by Gasteiger charge is 2.35. The van der Waals surface area contributed by atoms with Crippen LogP contribution in [0.15, 0.2) is 24.3 Å². The van der Waals surface area contributed by atoms with Gasteiger partial charge in [0.25, 0.3) is 0 Å². The summed E-state index contributed by atoms with van der Waals surface area (Å²) in [6.45, 7) is 7.95. The topological polar surface area (TPSA) is 26.0 Å². The predicted octanol–water partition coefficient (Wildman–Crippen LogP) is 4.92. The molecular weight excluding hydrogens is 266 g/mol. The first-order valence-electron chi connectivity index (χ1n) is 7.84. The second-order valence-electron chi connectivity index (χ2n) is 7.46. The lowest BCUT2D eigenvalue weighted by molar-refractivity contribution is 0.101. The Morgan fingerprint density at radius 3 is 2.30 bits per heavy atom. The van der Waals surface area contributed by atoms with E-state index in [-0.39, 0.29) is 0 Å². The summed E-state index contributed by atoms with van der Waals surface area (Å²) in [5.74, 6) is 2.23. The zero-order chi connectivity index (χ0) is 14.8. The smallest absolute Gasteiger partial charge is 0.0406 e. The van der Waals surface area contributed by atoms with Gasteiger partial charge in [-0.15, -0.1) is 0 Å². The van der Waals surface area contributed by atoms with Crippen molar-refractivity contribution in [2.24, 2.45) is 28.9 Å². The van der Waals surface area contributed by atoms with Crippen LogP contribution in [0.25, 0.3) is 0 Å². The molecule has 1 aliphatic carbocycles. The second kappa shape index (κ2) is 6.49. The average Bonchev–Trinajstić information content (AvgIpc) is 2.40. The Balaban J connectivity index is 2.07. The molecule has 0 aromatic heterocycles. The highest BCUT2D eigenvalue weighted by molar-refractivity contribution is 6.30. The summed E-state index contributed by atoms with van der Waals surface area (Å²) in [6.07, 6.45) is 5.08. The average molecular weight is 294 g/mol. The minimum Gasteiger partial charge on any atom is -0.330 e. The van der Waals surface area contributed by atoms with E-state index in [1.54, 1.807) is 0 Å². The summed E-state index contributed by atoms with van der Waals surface area (Å²) in [7, 11) is 0. The first kappa shape index (κ1) is 15.9. The van der Waals surface area contributed by atoms with E-state index in [0.717, 1.165) is 29.8 Å². The Bertz CT molecular complexity index is 418. The number of nitrogens with two attached hydrogens (primary N) is 1. The van der Waals surface area contributed by atoms with E-state index in [0.29, 0.717) is 11.3 Å². The Labute approximate surface area is 128 Å². The Morgan fingerprint density at radius 1 is 1.10 bits per heavy atom. The van der Waals surface area contributed by atoms with Crippen LogP contribution in [0.3, 0.4) is 0 Å². The lowest BCUT2D eigenvalue weighted by atomic mass is 9.64. The van der Waals surface area contributed by atoms with Crippen LogP contribution in [-0.2, 0) is 6.42 Å². The number of rotatable bonds is 3. The fourth-order valence-corrected chi connectivity index (χ4v) is 3.72. The molecule has 0 amide bonds. The quantitative estimate of drug-likeness (QED) is 0.841. The molecule has 1 saturated carbocycles. The molecule has 0 radical (unpaired) electrons. The third-order valence-corrected chi connectivity index (χ3v) is 5.33. The van der Waals surface area contributed by atoms with Crippen molar-refractivity contribution < 1.29 is 0 Å². The lowest BCUT2D eigenvalue weighted by Crippen LogP contribution is -2.36. The van der Waals surface area contributed by atoms with Crippen molar-refractivity contribution in [3.05, 3.63) is 34.9 Å². The first-order valence-corrected chi connectivity index (χ1v) is 8.22. The van der Waals surface area contributed by atoms with Crippen molar-refractivity contribution in [1.82, 2.24) is 0 Å². The monoisotopic (exact) mass is 293 g/mol. The standard InChI is InChI=1S/C18H28ClN/c1-18(2,3)16-7-6-14(12-20)15(11-16)10-13-4-8-17(19)9-5-13/h4-5,8-9,14-16H,6-7,10-12,20H2,1-3H3. The van der Waals surface area contributed by atoms with Crippen LogP contribution in [0.1, 0.15) is 45.6 Å². The van der Waals surface area contributed by atoms with Crippen LogP contribution in [0.5, 0.6) is 0 Å². The normalized spacial score (nSPS) is 27.6. The summed E-state index contributed by atoms with van der Waals surface area (Å²) in [6, 6.07) is 8.32. The summed E-state index contributed by atoms with van der Waals surface area (Å²) in [5, 5.41) is 0.820. The molecular formula is C18H28ClN. The predicted molar refractivity (Wildman–Crippen MR) is 88.0 cm³/mol. The summed E-state index contributed by atoms with van der Waals surface area (Å²) >= 11 is 5.97. The molecule has 2 rings (SSSR count). The molecule has 2 N–H and O–H groups in total. The molecule has 1 fully saturated rings. The van der Waals surface area contributed by atoms with Gasteiger partial charge in [-0.3, -0.25) is 0 Å². The SMILES string of the molecule is CC(C)(C)C1CCC(CN)C(Cc2ccc(Cl)cc2)C1. The van der Waals surface area contributed by atoms with Crippen molar-refractivity contribution >= 4 is 11.6 Å². The molecule has 1 aromatic carbocycles. The van der Waals surface area contributed by atoms with Gasteiger partial charge in [-0.1, -0.05) is 44.5 Å². The minimum absolute atomic E-state index is 0.414. The Hall–Kier alpha value is -0.530. The summed E-state index contributed by atoms with van der Waals surface area (Å²) < 4.78 is 0. The van der Waals surface area contributed by atoms with Crippen LogP contribution in [0, 0.1) is 23.2 Å². The lowest BCUT2D eigenvalue weighted by Gasteiger charge is -2.41. The summed E-state index contributed by atoms with van der Waals surface area (Å²) in [5.41, 5.74) is 7.82. The highest BCUT2D eigenvalue weighted by Crippen LogP contribution is 2.43. The third kappa shape index (κ3) is 3.99. The molecule has 112 valence electrons. The van der Waals surface area contributed by atoms with Gasteiger partial charge in [0, 0.05) is 5.02 Å². The maximum absolute atomic E-state index is 6.00.